The smallest absolute Gasteiger partial charge is 0.253 e. The molecule has 0 aliphatic rings. The molecule has 0 saturated carbocycles. The van der Waals surface area contributed by atoms with E-state index in [0.717, 1.165) is 52.4 Å². The Bertz CT molecular complexity index is 4580. The van der Waals surface area contributed by atoms with Gasteiger partial charge < -0.3 is 9.30 Å². The molecule has 718 valence electrons. The van der Waals surface area contributed by atoms with Crippen LogP contribution in [0, 0.1) is 11.6 Å². The average Bonchev–Trinajstić information content (AvgIpc) is 1.53. The molecule has 6 heterocycles. The van der Waals surface area contributed by atoms with E-state index in [1.54, 1.807) is 6.33 Å². The summed E-state index contributed by atoms with van der Waals surface area (Å²) in [7, 11) is 0. The van der Waals surface area contributed by atoms with E-state index in [4.69, 9.17) is 4.98 Å². The van der Waals surface area contributed by atoms with Gasteiger partial charge in [-0.2, -0.15) is 0 Å². The Morgan fingerprint density at radius 3 is 0.915 bits per heavy atom. The topological polar surface area (TPSA) is 102 Å². The molecule has 11 heteroatoms. The van der Waals surface area contributed by atoms with Crippen molar-refractivity contribution in [1.29, 1.82) is 0 Å². The fourth-order valence-corrected chi connectivity index (χ4v) is 15.6. The maximum Gasteiger partial charge on any atom is 0.253 e. The zero-order valence-corrected chi connectivity index (χ0v) is 91.8. The molecule has 0 N–H and O–H groups in total. The van der Waals surface area contributed by atoms with Crippen molar-refractivity contribution in [3.8, 4) is 11.3 Å². The molecule has 130 heavy (non-hydrogen) atoms. The van der Waals surface area contributed by atoms with E-state index < -0.39 is 11.6 Å². The maximum absolute atomic E-state index is 13.3. The number of aromatic nitrogens is 7. The van der Waals surface area contributed by atoms with Gasteiger partial charge in [-0.05, 0) is 216 Å². The van der Waals surface area contributed by atoms with Crippen LogP contribution in [0.15, 0.2) is 171 Å². The highest BCUT2D eigenvalue weighted by Crippen LogP contribution is 2.42. The van der Waals surface area contributed by atoms with Crippen LogP contribution in [0.4, 0.5) is 8.78 Å². The van der Waals surface area contributed by atoms with Crippen molar-refractivity contribution < 1.29 is 13.6 Å². The Balaban J connectivity index is 0.000000386. The number of rotatable bonds is 4. The van der Waals surface area contributed by atoms with Crippen molar-refractivity contribution in [1.82, 2.24) is 39.2 Å². The Hall–Kier alpha value is -8.57. The van der Waals surface area contributed by atoms with Gasteiger partial charge in [0.2, 0.25) is 0 Å². The number of amides is 1. The molecular formula is C119H182F2N8O. The van der Waals surface area contributed by atoms with Crippen LogP contribution in [-0.2, 0) is 86.6 Å². The Morgan fingerprint density at radius 1 is 0.285 bits per heavy atom. The largest absolute Gasteiger partial charge is 0.339 e. The van der Waals surface area contributed by atoms with Gasteiger partial charge in [-0.1, -0.05) is 399 Å². The average molecular weight is 1780 g/mol. The molecule has 0 unspecified atom stereocenters. The summed E-state index contributed by atoms with van der Waals surface area (Å²) in [6.45, 7) is 112. The van der Waals surface area contributed by atoms with Crippen LogP contribution in [0.2, 0.25) is 0 Å². The number of hydrogen-bond acceptors (Lipinski definition) is 7. The Morgan fingerprint density at radius 2 is 0.592 bits per heavy atom. The van der Waals surface area contributed by atoms with E-state index >= 15 is 0 Å². The molecule has 0 fully saturated rings. The lowest BCUT2D eigenvalue weighted by molar-refractivity contribution is 0.0772. The fourth-order valence-electron chi connectivity index (χ4n) is 15.6. The number of hydrogen-bond donors (Lipinski definition) is 0. The van der Waals surface area contributed by atoms with Gasteiger partial charge in [0.05, 0.1) is 11.4 Å². The number of carbonyl (C=O) groups excluding carboxylic acids is 1. The number of halogens is 2. The standard InChI is InChI=1S/C21H26N2.C19H31NO.C14H20F2.C14H22.3C13H21N.C12H20N2/c1-20(2,3)16-12-19-22-18(15-10-8-7-9-11-15)14-23(19)13-17(16)21(4,5)6;1-9-20(10-2)17(21)14-11-12-15(18(3,4)5)16(13-14)19(6,7)8;1-13(2,3)9-7-11(15)12(16)8-10(9)14(4,5)6;1-13(2,3)11-9-7-8-10-12(11)14(4,5)6;2*1-12(2,3)10-7-8-14-9-11(10)13(4,5)6;1-12(2,3)10-8-7-9-14-11(10)13(4,5)6;1-11(2,3)9-7-13-8-14-10(9)12(4,5)6/h7-14H,1-6H3;11-13H,9-10H2,1-8H3;7-8H,1-6H3;7-10H,1-6H3;3*7-9H,1-6H3;7-8H,1-6H3. The van der Waals surface area contributed by atoms with Crippen LogP contribution in [0.3, 0.4) is 0 Å². The van der Waals surface area contributed by atoms with E-state index in [1.807, 2.05) is 116 Å². The highest BCUT2D eigenvalue weighted by molar-refractivity contribution is 5.94. The number of fused-ring (bicyclic) bond motifs is 1. The van der Waals surface area contributed by atoms with Crippen LogP contribution in [0.5, 0.6) is 0 Å². The van der Waals surface area contributed by atoms with E-state index in [-0.39, 0.29) is 92.5 Å². The van der Waals surface area contributed by atoms with Gasteiger partial charge in [0, 0.05) is 90.3 Å². The molecule has 0 bridgehead atoms. The van der Waals surface area contributed by atoms with Crippen LogP contribution in [0.25, 0.3) is 16.9 Å². The number of pyridine rings is 4. The quantitative estimate of drug-likeness (QED) is 0.173. The summed E-state index contributed by atoms with van der Waals surface area (Å²) in [6, 6.07) is 38.8. The second-order valence-corrected chi connectivity index (χ2v) is 52.0. The van der Waals surface area contributed by atoms with Crippen molar-refractivity contribution >= 4 is 11.6 Å². The Labute approximate surface area is 794 Å². The lowest BCUT2D eigenvalue weighted by Crippen LogP contribution is -2.31. The number of imidazole rings is 1. The molecule has 4 aromatic carbocycles. The van der Waals surface area contributed by atoms with Gasteiger partial charge in [0.15, 0.2) is 11.6 Å². The van der Waals surface area contributed by atoms with Gasteiger partial charge in [-0.15, -0.1) is 0 Å². The fraction of sp³-hybridized carbons (Fsp3) is 0.571. The van der Waals surface area contributed by atoms with Gasteiger partial charge in [-0.3, -0.25) is 19.7 Å². The first kappa shape index (κ1) is 116. The zero-order valence-electron chi connectivity index (χ0n) is 91.8. The van der Waals surface area contributed by atoms with Crippen LogP contribution < -0.4 is 0 Å². The minimum atomic E-state index is -0.766. The molecule has 0 radical (unpaired) electrons. The number of nitrogens with zero attached hydrogens (tertiary/aromatic N) is 8. The van der Waals surface area contributed by atoms with Gasteiger partial charge in [0.1, 0.15) is 12.0 Å². The maximum atomic E-state index is 13.3. The SMILES string of the molecule is CC(C)(C)c1cc(F)c(F)cc1C(C)(C)C.CC(C)(C)c1cc2nc(-c3ccccc3)cn2cc1C(C)(C)C.CC(C)(C)c1ccccc1C(C)(C)C.CC(C)(C)c1cccnc1C(C)(C)C.CC(C)(C)c1ccncc1C(C)(C)C.CC(C)(C)c1ccncc1C(C)(C)C.CC(C)(C)c1cncnc1C(C)(C)C.CCN(CC)C(=O)c1ccc(C(C)(C)C)c(C(C)(C)C)c1. The van der Waals surface area contributed by atoms with Gasteiger partial charge >= 0.3 is 0 Å². The lowest BCUT2D eigenvalue weighted by Gasteiger charge is -2.31. The third-order valence-corrected chi connectivity index (χ3v) is 22.9. The van der Waals surface area contributed by atoms with E-state index in [0.29, 0.717) is 0 Å². The summed E-state index contributed by atoms with van der Waals surface area (Å²) in [4.78, 5) is 40.8. The summed E-state index contributed by atoms with van der Waals surface area (Å²) < 4.78 is 28.8. The molecule has 10 rings (SSSR count). The van der Waals surface area contributed by atoms with Crippen molar-refractivity contribution in [3.63, 3.8) is 0 Å². The second kappa shape index (κ2) is 43.6. The first-order chi connectivity index (χ1) is 58.3. The molecule has 0 aliphatic heterocycles. The first-order valence-electron chi connectivity index (χ1n) is 47.7. The summed E-state index contributed by atoms with van der Waals surface area (Å²) in [5, 5.41) is 0. The molecule has 0 saturated heterocycles. The lowest BCUT2D eigenvalue weighted by atomic mass is 9.74. The second-order valence-electron chi connectivity index (χ2n) is 52.0. The first-order valence-corrected chi connectivity index (χ1v) is 47.7. The van der Waals surface area contributed by atoms with Crippen molar-refractivity contribution in [2.45, 2.75) is 433 Å². The van der Waals surface area contributed by atoms with Crippen molar-refractivity contribution in [3.05, 3.63) is 278 Å². The molecule has 6 aromatic heterocycles. The molecule has 1 amide bonds. The van der Waals surface area contributed by atoms with Crippen molar-refractivity contribution in [2.75, 3.05) is 13.1 Å². The van der Waals surface area contributed by atoms with Crippen LogP contribution >= 0.6 is 0 Å². The predicted octanol–water partition coefficient (Wildman–Crippen LogP) is 33.3. The summed E-state index contributed by atoms with van der Waals surface area (Å²) in [5.41, 5.74) is 26.2. The summed E-state index contributed by atoms with van der Waals surface area (Å²) in [5.74, 6) is -1.40. The van der Waals surface area contributed by atoms with Crippen LogP contribution in [-0.4, -0.2) is 58.2 Å². The summed E-state index contributed by atoms with van der Waals surface area (Å²) in [6.07, 6.45) is 17.6. The van der Waals surface area contributed by atoms with Crippen molar-refractivity contribution in [2.24, 2.45) is 0 Å². The third kappa shape index (κ3) is 34.8. The molecular weight excluding hydrogens is 1600 g/mol. The minimum Gasteiger partial charge on any atom is -0.339 e. The molecule has 0 spiro atoms. The number of carbonyl (C=O) groups is 1. The van der Waals surface area contributed by atoms with E-state index in [2.05, 4.69) is 417 Å². The van der Waals surface area contributed by atoms with Gasteiger partial charge in [-0.25, -0.2) is 23.7 Å². The molecule has 0 atom stereocenters. The number of benzene rings is 4. The molecule has 10 aromatic rings. The zero-order chi connectivity index (χ0) is 101. The third-order valence-electron chi connectivity index (χ3n) is 22.9. The normalized spacial score (nSPS) is 12.9. The highest BCUT2D eigenvalue weighted by Gasteiger charge is 2.34. The molecule has 0 aliphatic carbocycles. The van der Waals surface area contributed by atoms with E-state index in [1.165, 1.54) is 84.6 Å². The Kier molecular flexibility index (Phi) is 38.8. The predicted molar refractivity (Wildman–Crippen MR) is 561 cm³/mol. The van der Waals surface area contributed by atoms with Gasteiger partial charge in [0.25, 0.3) is 5.91 Å². The summed E-state index contributed by atoms with van der Waals surface area (Å²) >= 11 is 0. The minimum absolute atomic E-state index is 0.0299. The monoisotopic (exact) mass is 1780 g/mol. The highest BCUT2D eigenvalue weighted by atomic mass is 19.2. The molecule has 9 nitrogen and oxygen atoms in total. The van der Waals surface area contributed by atoms with Crippen LogP contribution in [0.1, 0.15) is 446 Å². The van der Waals surface area contributed by atoms with E-state index in [9.17, 15) is 13.6 Å².